The number of hydrogen-bond acceptors (Lipinski definition) is 5. The molecule has 6 nitrogen and oxygen atoms in total. The van der Waals surface area contributed by atoms with Gasteiger partial charge in [-0.15, -0.1) is 0 Å². The fourth-order valence-corrected chi connectivity index (χ4v) is 2.91. The Hall–Kier alpha value is -0.920. The summed E-state index contributed by atoms with van der Waals surface area (Å²) in [6.45, 7) is 3.37. The molecule has 1 aliphatic heterocycles. The number of likely N-dealkylation sites (N-methyl/N-ethyl adjacent to an activating group) is 2. The smallest absolute Gasteiger partial charge is 0.283 e. The van der Waals surface area contributed by atoms with E-state index in [0.29, 0.717) is 17.1 Å². The second-order valence-corrected chi connectivity index (χ2v) is 6.23. The summed E-state index contributed by atoms with van der Waals surface area (Å²) < 4.78 is 2.11. The third kappa shape index (κ3) is 3.39. The molecule has 7 heteroatoms. The fourth-order valence-electron chi connectivity index (χ4n) is 2.32. The van der Waals surface area contributed by atoms with Crippen LogP contribution in [0.1, 0.15) is 6.42 Å². The average Bonchev–Trinajstić information content (AvgIpc) is 2.93. The van der Waals surface area contributed by atoms with E-state index in [1.165, 1.54) is 4.68 Å². The SMILES string of the molecule is CN(C)CCn1ncc(N(C)C2CCNC2)c(Br)c1=O. The van der Waals surface area contributed by atoms with Gasteiger partial charge in [-0.3, -0.25) is 4.79 Å². The van der Waals surface area contributed by atoms with Crippen molar-refractivity contribution in [2.75, 3.05) is 45.7 Å². The van der Waals surface area contributed by atoms with E-state index in [9.17, 15) is 4.79 Å². The topological polar surface area (TPSA) is 53.4 Å². The minimum atomic E-state index is -0.0674. The van der Waals surface area contributed by atoms with Crippen LogP contribution in [-0.4, -0.2) is 61.5 Å². The lowest BCUT2D eigenvalue weighted by Crippen LogP contribution is -2.36. The zero-order valence-electron chi connectivity index (χ0n) is 12.3. The van der Waals surface area contributed by atoms with E-state index in [-0.39, 0.29) is 5.56 Å². The molecule has 1 aromatic rings. The quantitative estimate of drug-likeness (QED) is 0.836. The lowest BCUT2D eigenvalue weighted by atomic mass is 10.2. The highest BCUT2D eigenvalue weighted by Crippen LogP contribution is 2.23. The monoisotopic (exact) mass is 343 g/mol. The van der Waals surface area contributed by atoms with Crippen LogP contribution in [0.4, 0.5) is 5.69 Å². The summed E-state index contributed by atoms with van der Waals surface area (Å²) in [5.41, 5.74) is 0.798. The Morgan fingerprint density at radius 1 is 1.50 bits per heavy atom. The van der Waals surface area contributed by atoms with E-state index in [1.54, 1.807) is 6.20 Å². The average molecular weight is 344 g/mol. The van der Waals surface area contributed by atoms with Gasteiger partial charge in [0.05, 0.1) is 18.4 Å². The molecule has 1 atom stereocenters. The van der Waals surface area contributed by atoms with Crippen LogP contribution in [0.25, 0.3) is 0 Å². The first-order valence-corrected chi connectivity index (χ1v) is 7.64. The first-order chi connectivity index (χ1) is 9.50. The van der Waals surface area contributed by atoms with Crippen molar-refractivity contribution in [1.82, 2.24) is 20.0 Å². The van der Waals surface area contributed by atoms with E-state index < -0.39 is 0 Å². The van der Waals surface area contributed by atoms with Crippen LogP contribution in [0.3, 0.4) is 0 Å². The van der Waals surface area contributed by atoms with Crippen molar-refractivity contribution in [2.24, 2.45) is 0 Å². The molecular weight excluding hydrogens is 322 g/mol. The highest BCUT2D eigenvalue weighted by molar-refractivity contribution is 9.10. The van der Waals surface area contributed by atoms with Crippen LogP contribution in [0.5, 0.6) is 0 Å². The molecule has 1 unspecified atom stereocenters. The number of halogens is 1. The summed E-state index contributed by atoms with van der Waals surface area (Å²) in [6.07, 6.45) is 2.87. The maximum Gasteiger partial charge on any atom is 0.283 e. The molecular formula is C13H22BrN5O. The van der Waals surface area contributed by atoms with Crippen LogP contribution in [0.15, 0.2) is 15.5 Å². The molecule has 1 fully saturated rings. The number of anilines is 1. The van der Waals surface area contributed by atoms with Crippen molar-refractivity contribution in [3.05, 3.63) is 21.0 Å². The van der Waals surface area contributed by atoms with Crippen LogP contribution >= 0.6 is 15.9 Å². The first kappa shape index (κ1) is 15.5. The normalized spacial score (nSPS) is 18.8. The molecule has 2 heterocycles. The van der Waals surface area contributed by atoms with Crippen LogP contribution in [0, 0.1) is 0 Å². The van der Waals surface area contributed by atoms with E-state index in [4.69, 9.17) is 0 Å². The van der Waals surface area contributed by atoms with Gasteiger partial charge in [-0.05, 0) is 43.0 Å². The summed E-state index contributed by atoms with van der Waals surface area (Å²) in [6, 6.07) is 0.421. The molecule has 20 heavy (non-hydrogen) atoms. The molecule has 1 saturated heterocycles. The van der Waals surface area contributed by atoms with Gasteiger partial charge in [0.2, 0.25) is 0 Å². The molecule has 2 rings (SSSR count). The highest BCUT2D eigenvalue weighted by Gasteiger charge is 2.22. The molecule has 0 aromatic carbocycles. The molecule has 0 saturated carbocycles. The lowest BCUT2D eigenvalue weighted by Gasteiger charge is -2.26. The Morgan fingerprint density at radius 3 is 2.85 bits per heavy atom. The van der Waals surface area contributed by atoms with Crippen molar-refractivity contribution in [2.45, 2.75) is 19.0 Å². The number of aromatic nitrogens is 2. The molecule has 0 aliphatic carbocycles. The van der Waals surface area contributed by atoms with Gasteiger partial charge in [-0.2, -0.15) is 5.10 Å². The van der Waals surface area contributed by atoms with Gasteiger partial charge < -0.3 is 15.1 Å². The van der Waals surface area contributed by atoms with Crippen LogP contribution in [-0.2, 0) is 6.54 Å². The van der Waals surface area contributed by atoms with Gasteiger partial charge in [0.1, 0.15) is 4.47 Å². The van der Waals surface area contributed by atoms with Crippen molar-refractivity contribution in [3.63, 3.8) is 0 Å². The summed E-state index contributed by atoms with van der Waals surface area (Å²) >= 11 is 3.44. The number of hydrogen-bond donors (Lipinski definition) is 1. The molecule has 112 valence electrons. The van der Waals surface area contributed by atoms with E-state index in [0.717, 1.165) is 31.7 Å². The van der Waals surface area contributed by atoms with Gasteiger partial charge in [-0.25, -0.2) is 4.68 Å². The maximum absolute atomic E-state index is 12.3. The lowest BCUT2D eigenvalue weighted by molar-refractivity contribution is 0.367. The zero-order valence-corrected chi connectivity index (χ0v) is 13.9. The fraction of sp³-hybridized carbons (Fsp3) is 0.692. The van der Waals surface area contributed by atoms with Gasteiger partial charge in [0, 0.05) is 26.2 Å². The Morgan fingerprint density at radius 2 is 2.25 bits per heavy atom. The maximum atomic E-state index is 12.3. The van der Waals surface area contributed by atoms with Gasteiger partial charge in [0.25, 0.3) is 5.56 Å². The third-order valence-corrected chi connectivity index (χ3v) is 4.43. The van der Waals surface area contributed by atoms with Gasteiger partial charge >= 0.3 is 0 Å². The number of nitrogens with one attached hydrogen (secondary N) is 1. The Bertz CT molecular complexity index is 510. The Labute approximate surface area is 127 Å². The summed E-state index contributed by atoms with van der Waals surface area (Å²) in [4.78, 5) is 16.5. The summed E-state index contributed by atoms with van der Waals surface area (Å²) in [5, 5.41) is 7.62. The van der Waals surface area contributed by atoms with Crippen molar-refractivity contribution < 1.29 is 0 Å². The predicted octanol–water partition coefficient (Wildman–Crippen LogP) is 0.366. The summed E-state index contributed by atoms with van der Waals surface area (Å²) in [7, 11) is 5.98. The first-order valence-electron chi connectivity index (χ1n) is 6.84. The summed E-state index contributed by atoms with van der Waals surface area (Å²) in [5.74, 6) is 0. The minimum absolute atomic E-state index is 0.0674. The minimum Gasteiger partial charge on any atom is -0.368 e. The molecule has 1 N–H and O–H groups in total. The largest absolute Gasteiger partial charge is 0.368 e. The molecule has 0 radical (unpaired) electrons. The second kappa shape index (κ2) is 6.69. The van der Waals surface area contributed by atoms with Crippen molar-refractivity contribution in [3.8, 4) is 0 Å². The Balaban J connectivity index is 2.19. The Kier molecular flexibility index (Phi) is 5.17. The molecule has 0 spiro atoms. The molecule has 1 aliphatic rings. The number of rotatable bonds is 5. The zero-order chi connectivity index (χ0) is 14.7. The van der Waals surface area contributed by atoms with E-state index in [2.05, 4.69) is 31.2 Å². The molecule has 0 amide bonds. The predicted molar refractivity (Wildman–Crippen MR) is 84.4 cm³/mol. The number of nitrogens with zero attached hydrogens (tertiary/aromatic N) is 4. The standard InChI is InChI=1S/C13H22BrN5O/c1-17(2)6-7-19-13(20)12(14)11(9-16-19)18(3)10-4-5-15-8-10/h9-10,15H,4-8H2,1-3H3. The van der Waals surface area contributed by atoms with E-state index >= 15 is 0 Å². The van der Waals surface area contributed by atoms with Gasteiger partial charge in [0.15, 0.2) is 0 Å². The second-order valence-electron chi connectivity index (χ2n) is 5.43. The third-order valence-electron chi connectivity index (χ3n) is 3.69. The molecule has 1 aromatic heterocycles. The molecule has 0 bridgehead atoms. The van der Waals surface area contributed by atoms with Crippen molar-refractivity contribution >= 4 is 21.6 Å². The van der Waals surface area contributed by atoms with Crippen molar-refractivity contribution in [1.29, 1.82) is 0 Å². The van der Waals surface area contributed by atoms with Gasteiger partial charge in [-0.1, -0.05) is 0 Å². The highest BCUT2D eigenvalue weighted by atomic mass is 79.9. The van der Waals surface area contributed by atoms with Crippen LogP contribution in [0.2, 0.25) is 0 Å². The van der Waals surface area contributed by atoms with Crippen LogP contribution < -0.4 is 15.8 Å². The van der Waals surface area contributed by atoms with E-state index in [1.807, 2.05) is 26.0 Å².